The SMILES string of the molecule is Cc1cc(F)ccc1C(NC(C)C)c1nccs1. The van der Waals surface area contributed by atoms with Gasteiger partial charge in [-0.05, 0) is 44.0 Å². The molecule has 0 amide bonds. The summed E-state index contributed by atoms with van der Waals surface area (Å²) in [5, 5.41) is 6.46. The van der Waals surface area contributed by atoms with Gasteiger partial charge < -0.3 is 5.32 Å². The molecule has 1 unspecified atom stereocenters. The van der Waals surface area contributed by atoms with Crippen LogP contribution in [0.4, 0.5) is 4.39 Å². The second-order valence-electron chi connectivity index (χ2n) is 4.63. The molecule has 18 heavy (non-hydrogen) atoms. The molecule has 0 bridgehead atoms. The highest BCUT2D eigenvalue weighted by Gasteiger charge is 2.19. The molecule has 96 valence electrons. The molecule has 1 atom stereocenters. The molecular weight excluding hydrogens is 247 g/mol. The Hall–Kier alpha value is -1.26. The van der Waals surface area contributed by atoms with Crippen molar-refractivity contribution in [1.29, 1.82) is 0 Å². The Balaban J connectivity index is 2.40. The first-order chi connectivity index (χ1) is 8.58. The van der Waals surface area contributed by atoms with Gasteiger partial charge in [-0.25, -0.2) is 9.37 Å². The predicted octanol–water partition coefficient (Wildman–Crippen LogP) is 3.68. The third kappa shape index (κ3) is 2.94. The minimum Gasteiger partial charge on any atom is -0.302 e. The summed E-state index contributed by atoms with van der Waals surface area (Å²) in [7, 11) is 0. The molecule has 0 saturated carbocycles. The third-order valence-corrected chi connectivity index (χ3v) is 3.58. The van der Waals surface area contributed by atoms with Crippen LogP contribution in [0, 0.1) is 12.7 Å². The number of hydrogen-bond acceptors (Lipinski definition) is 3. The fourth-order valence-electron chi connectivity index (χ4n) is 1.97. The Labute approximate surface area is 111 Å². The van der Waals surface area contributed by atoms with Gasteiger partial charge in [0, 0.05) is 17.6 Å². The summed E-state index contributed by atoms with van der Waals surface area (Å²) >= 11 is 1.61. The Morgan fingerprint density at radius 2 is 2.11 bits per heavy atom. The highest BCUT2D eigenvalue weighted by atomic mass is 32.1. The lowest BCUT2D eigenvalue weighted by molar-refractivity contribution is 0.524. The molecule has 0 fully saturated rings. The zero-order valence-corrected chi connectivity index (χ0v) is 11.6. The first kappa shape index (κ1) is 13.2. The number of benzene rings is 1. The van der Waals surface area contributed by atoms with Crippen molar-refractivity contribution in [3.05, 3.63) is 51.7 Å². The highest BCUT2D eigenvalue weighted by molar-refractivity contribution is 7.09. The maximum Gasteiger partial charge on any atom is 0.123 e. The fourth-order valence-corrected chi connectivity index (χ4v) is 2.68. The summed E-state index contributed by atoms with van der Waals surface area (Å²) in [5.41, 5.74) is 2.03. The van der Waals surface area contributed by atoms with E-state index in [2.05, 4.69) is 24.1 Å². The average Bonchev–Trinajstić information content (AvgIpc) is 2.79. The van der Waals surface area contributed by atoms with E-state index in [4.69, 9.17) is 0 Å². The molecule has 0 aliphatic carbocycles. The highest BCUT2D eigenvalue weighted by Crippen LogP contribution is 2.27. The van der Waals surface area contributed by atoms with Crippen molar-refractivity contribution < 1.29 is 4.39 Å². The van der Waals surface area contributed by atoms with Gasteiger partial charge in [-0.2, -0.15) is 0 Å². The maximum absolute atomic E-state index is 13.2. The number of nitrogens with zero attached hydrogens (tertiary/aromatic N) is 1. The van der Waals surface area contributed by atoms with E-state index in [0.717, 1.165) is 16.1 Å². The zero-order valence-electron chi connectivity index (χ0n) is 10.8. The van der Waals surface area contributed by atoms with Gasteiger partial charge in [-0.3, -0.25) is 0 Å². The molecule has 0 aliphatic heterocycles. The number of halogens is 1. The molecule has 0 aliphatic rings. The molecule has 2 rings (SSSR count). The van der Waals surface area contributed by atoms with Crippen LogP contribution in [-0.2, 0) is 0 Å². The molecule has 2 aromatic rings. The van der Waals surface area contributed by atoms with E-state index in [0.29, 0.717) is 6.04 Å². The molecule has 1 aromatic heterocycles. The van der Waals surface area contributed by atoms with Crippen LogP contribution < -0.4 is 5.32 Å². The molecule has 1 heterocycles. The summed E-state index contributed by atoms with van der Waals surface area (Å²) in [6.45, 7) is 6.12. The summed E-state index contributed by atoms with van der Waals surface area (Å²) in [6.07, 6.45) is 1.80. The number of aryl methyl sites for hydroxylation is 1. The van der Waals surface area contributed by atoms with Crippen molar-refractivity contribution in [2.45, 2.75) is 32.9 Å². The molecule has 2 nitrogen and oxygen atoms in total. The van der Waals surface area contributed by atoms with E-state index >= 15 is 0 Å². The number of thiazole rings is 1. The summed E-state index contributed by atoms with van der Waals surface area (Å²) in [6, 6.07) is 5.28. The Morgan fingerprint density at radius 3 is 2.67 bits per heavy atom. The first-order valence-electron chi connectivity index (χ1n) is 5.99. The monoisotopic (exact) mass is 264 g/mol. The Morgan fingerprint density at radius 1 is 1.33 bits per heavy atom. The van der Waals surface area contributed by atoms with Crippen molar-refractivity contribution in [1.82, 2.24) is 10.3 Å². The largest absolute Gasteiger partial charge is 0.302 e. The second-order valence-corrected chi connectivity index (χ2v) is 5.55. The molecule has 0 spiro atoms. The second kappa shape index (κ2) is 5.59. The molecule has 0 radical (unpaired) electrons. The van der Waals surface area contributed by atoms with Crippen LogP contribution in [0.25, 0.3) is 0 Å². The van der Waals surface area contributed by atoms with Gasteiger partial charge in [0.25, 0.3) is 0 Å². The maximum atomic E-state index is 13.2. The van der Waals surface area contributed by atoms with Crippen molar-refractivity contribution >= 4 is 11.3 Å². The Kier molecular flexibility index (Phi) is 4.09. The van der Waals surface area contributed by atoms with Crippen LogP contribution in [0.1, 0.15) is 36.0 Å². The standard InChI is InChI=1S/C14H17FN2S/c1-9(2)17-13(14-16-6-7-18-14)12-5-4-11(15)8-10(12)3/h4-9,13,17H,1-3H3. The third-order valence-electron chi connectivity index (χ3n) is 2.74. The number of rotatable bonds is 4. The van der Waals surface area contributed by atoms with Gasteiger partial charge >= 0.3 is 0 Å². The lowest BCUT2D eigenvalue weighted by Crippen LogP contribution is -2.29. The fraction of sp³-hybridized carbons (Fsp3) is 0.357. The van der Waals surface area contributed by atoms with Crippen molar-refractivity contribution in [2.75, 3.05) is 0 Å². The van der Waals surface area contributed by atoms with Gasteiger partial charge in [0.2, 0.25) is 0 Å². The minimum absolute atomic E-state index is 0.0330. The van der Waals surface area contributed by atoms with Crippen LogP contribution in [0.15, 0.2) is 29.8 Å². The summed E-state index contributed by atoms with van der Waals surface area (Å²) < 4.78 is 13.2. The number of nitrogens with one attached hydrogen (secondary N) is 1. The van der Waals surface area contributed by atoms with E-state index in [1.807, 2.05) is 18.4 Å². The van der Waals surface area contributed by atoms with Crippen molar-refractivity contribution in [2.24, 2.45) is 0 Å². The topological polar surface area (TPSA) is 24.9 Å². The van der Waals surface area contributed by atoms with Crippen molar-refractivity contribution in [3.63, 3.8) is 0 Å². The van der Waals surface area contributed by atoms with Crippen LogP contribution in [0.3, 0.4) is 0 Å². The van der Waals surface area contributed by atoms with Crippen LogP contribution in [0.2, 0.25) is 0 Å². The normalized spacial score (nSPS) is 12.9. The lowest BCUT2D eigenvalue weighted by atomic mass is 10.0. The van der Waals surface area contributed by atoms with Gasteiger partial charge in [0.1, 0.15) is 10.8 Å². The van der Waals surface area contributed by atoms with E-state index in [1.165, 1.54) is 6.07 Å². The number of hydrogen-bond donors (Lipinski definition) is 1. The van der Waals surface area contributed by atoms with E-state index in [-0.39, 0.29) is 11.9 Å². The molecule has 0 saturated heterocycles. The predicted molar refractivity (Wildman–Crippen MR) is 73.4 cm³/mol. The summed E-state index contributed by atoms with van der Waals surface area (Å²) in [4.78, 5) is 4.37. The smallest absolute Gasteiger partial charge is 0.123 e. The zero-order chi connectivity index (χ0) is 13.1. The van der Waals surface area contributed by atoms with Crippen LogP contribution >= 0.6 is 11.3 Å². The molecular formula is C14H17FN2S. The first-order valence-corrected chi connectivity index (χ1v) is 6.87. The Bertz CT molecular complexity index is 509. The van der Waals surface area contributed by atoms with Gasteiger partial charge in [-0.1, -0.05) is 6.07 Å². The van der Waals surface area contributed by atoms with Gasteiger partial charge in [0.15, 0.2) is 0 Å². The molecule has 1 N–H and O–H groups in total. The van der Waals surface area contributed by atoms with Crippen LogP contribution in [0.5, 0.6) is 0 Å². The van der Waals surface area contributed by atoms with Crippen LogP contribution in [-0.4, -0.2) is 11.0 Å². The lowest BCUT2D eigenvalue weighted by Gasteiger charge is -2.21. The average molecular weight is 264 g/mol. The van der Waals surface area contributed by atoms with Gasteiger partial charge in [-0.15, -0.1) is 11.3 Å². The quantitative estimate of drug-likeness (QED) is 0.911. The number of aromatic nitrogens is 1. The van der Waals surface area contributed by atoms with Gasteiger partial charge in [0.05, 0.1) is 6.04 Å². The minimum atomic E-state index is -0.196. The van der Waals surface area contributed by atoms with Crippen molar-refractivity contribution in [3.8, 4) is 0 Å². The van der Waals surface area contributed by atoms with E-state index in [1.54, 1.807) is 23.6 Å². The molecule has 4 heteroatoms. The summed E-state index contributed by atoms with van der Waals surface area (Å²) in [5.74, 6) is -0.196. The molecule has 1 aromatic carbocycles. The van der Waals surface area contributed by atoms with E-state index in [9.17, 15) is 4.39 Å². The van der Waals surface area contributed by atoms with E-state index < -0.39 is 0 Å².